The Morgan fingerprint density at radius 3 is 2.42 bits per heavy atom. The van der Waals surface area contributed by atoms with E-state index in [4.69, 9.17) is 14.2 Å². The first-order chi connectivity index (χ1) is 11.4. The number of ether oxygens (including phenoxy) is 3. The number of rotatable bonds is 5. The van der Waals surface area contributed by atoms with Crippen LogP contribution in [0.2, 0.25) is 0 Å². The molecule has 0 N–H and O–H groups in total. The third-order valence-electron chi connectivity index (χ3n) is 4.16. The lowest BCUT2D eigenvalue weighted by molar-refractivity contribution is -0.386. The van der Waals surface area contributed by atoms with E-state index in [2.05, 4.69) is 6.92 Å². The van der Waals surface area contributed by atoms with E-state index in [0.717, 1.165) is 12.8 Å². The fourth-order valence-electron chi connectivity index (χ4n) is 3.03. The zero-order chi connectivity index (χ0) is 17.9. The Morgan fingerprint density at radius 1 is 1.25 bits per heavy atom. The normalized spacial score (nSPS) is 17.3. The summed E-state index contributed by atoms with van der Waals surface area (Å²) in [4.78, 5) is 25.5. The molecule has 0 radical (unpaired) electrons. The van der Waals surface area contributed by atoms with Crippen LogP contribution in [0, 0.1) is 16.0 Å². The van der Waals surface area contributed by atoms with Gasteiger partial charge in [-0.2, -0.15) is 0 Å². The van der Waals surface area contributed by atoms with E-state index in [0.29, 0.717) is 19.0 Å². The van der Waals surface area contributed by atoms with Gasteiger partial charge in [0.25, 0.3) is 5.91 Å². The van der Waals surface area contributed by atoms with Gasteiger partial charge in [-0.05, 0) is 18.8 Å². The summed E-state index contributed by atoms with van der Waals surface area (Å²) in [7, 11) is 4.06. The molecule has 0 aromatic heterocycles. The summed E-state index contributed by atoms with van der Waals surface area (Å²) in [5, 5.41) is 11.6. The highest BCUT2D eigenvalue weighted by molar-refractivity contribution is 6.00. The van der Waals surface area contributed by atoms with Gasteiger partial charge in [0.05, 0.1) is 26.3 Å². The number of carbonyl (C=O) groups excluding carboxylic acids is 1. The SMILES string of the molecule is COc1cc(C(=O)N2CCCC(C)C2)c([N+](=O)[O-])c(OC)c1OC. The van der Waals surface area contributed by atoms with Crippen LogP contribution in [0.1, 0.15) is 30.1 Å². The van der Waals surface area contributed by atoms with Gasteiger partial charge in [-0.15, -0.1) is 0 Å². The average Bonchev–Trinajstić information content (AvgIpc) is 2.58. The fourth-order valence-corrected chi connectivity index (χ4v) is 3.03. The zero-order valence-electron chi connectivity index (χ0n) is 14.3. The Kier molecular flexibility index (Phi) is 5.48. The maximum absolute atomic E-state index is 12.9. The number of methoxy groups -OCH3 is 3. The number of benzene rings is 1. The molecule has 1 aromatic carbocycles. The van der Waals surface area contributed by atoms with Gasteiger partial charge in [0.15, 0.2) is 5.75 Å². The molecule has 132 valence electrons. The topological polar surface area (TPSA) is 91.1 Å². The maximum Gasteiger partial charge on any atom is 0.327 e. The second-order valence-corrected chi connectivity index (χ2v) is 5.80. The minimum atomic E-state index is -0.624. The van der Waals surface area contributed by atoms with Crippen LogP contribution in [0.25, 0.3) is 0 Å². The summed E-state index contributed by atoms with van der Waals surface area (Å²) < 4.78 is 15.5. The molecule has 24 heavy (non-hydrogen) atoms. The first kappa shape index (κ1) is 17.8. The molecule has 8 nitrogen and oxygen atoms in total. The monoisotopic (exact) mass is 338 g/mol. The summed E-state index contributed by atoms with van der Waals surface area (Å²) in [6.07, 6.45) is 1.92. The van der Waals surface area contributed by atoms with Crippen LogP contribution < -0.4 is 14.2 Å². The molecule has 0 aliphatic carbocycles. The van der Waals surface area contributed by atoms with E-state index in [-0.39, 0.29) is 22.8 Å². The van der Waals surface area contributed by atoms with Crippen LogP contribution in [0.4, 0.5) is 5.69 Å². The standard InChI is InChI=1S/C16H22N2O6/c1-10-6-5-7-17(9-10)16(19)11-8-12(22-2)14(23-3)15(24-4)13(11)18(20)21/h8,10H,5-7,9H2,1-4H3. The van der Waals surface area contributed by atoms with E-state index in [1.807, 2.05) is 0 Å². The van der Waals surface area contributed by atoms with Crippen molar-refractivity contribution in [3.63, 3.8) is 0 Å². The molecule has 1 aliphatic heterocycles. The summed E-state index contributed by atoms with van der Waals surface area (Å²) >= 11 is 0. The van der Waals surface area contributed by atoms with Crippen molar-refractivity contribution in [1.29, 1.82) is 0 Å². The molecular formula is C16H22N2O6. The zero-order valence-corrected chi connectivity index (χ0v) is 14.3. The molecule has 1 aliphatic rings. The minimum absolute atomic E-state index is 0.0522. The Bertz CT molecular complexity index is 646. The van der Waals surface area contributed by atoms with Crippen LogP contribution in [-0.4, -0.2) is 50.1 Å². The number of nitrogens with zero attached hydrogens (tertiary/aromatic N) is 2. The molecule has 0 bridgehead atoms. The summed E-state index contributed by atoms with van der Waals surface area (Å²) in [6.45, 7) is 3.21. The van der Waals surface area contributed by atoms with Gasteiger partial charge in [0.1, 0.15) is 5.56 Å². The molecule has 0 saturated carbocycles. The summed E-state index contributed by atoms with van der Waals surface area (Å²) in [5.74, 6) is 0.162. The minimum Gasteiger partial charge on any atom is -0.493 e. The average molecular weight is 338 g/mol. The number of nitro benzene ring substituents is 1. The number of nitro groups is 1. The maximum atomic E-state index is 12.9. The first-order valence-corrected chi connectivity index (χ1v) is 7.71. The lowest BCUT2D eigenvalue weighted by atomic mass is 9.99. The van der Waals surface area contributed by atoms with Gasteiger partial charge in [0, 0.05) is 19.2 Å². The highest BCUT2D eigenvalue weighted by atomic mass is 16.6. The number of hydrogen-bond acceptors (Lipinski definition) is 6. The van der Waals surface area contributed by atoms with Gasteiger partial charge in [0.2, 0.25) is 11.5 Å². The van der Waals surface area contributed by atoms with E-state index in [1.165, 1.54) is 27.4 Å². The van der Waals surface area contributed by atoms with Gasteiger partial charge in [-0.25, -0.2) is 0 Å². The molecular weight excluding hydrogens is 316 g/mol. The Morgan fingerprint density at radius 2 is 1.92 bits per heavy atom. The van der Waals surface area contributed by atoms with Gasteiger partial charge in [-0.3, -0.25) is 14.9 Å². The Hall–Kier alpha value is -2.51. The highest BCUT2D eigenvalue weighted by Gasteiger charge is 2.35. The quantitative estimate of drug-likeness (QED) is 0.605. The van der Waals surface area contributed by atoms with Crippen molar-refractivity contribution in [3.05, 3.63) is 21.7 Å². The van der Waals surface area contributed by atoms with Crippen LogP contribution in [0.15, 0.2) is 6.07 Å². The van der Waals surface area contributed by atoms with Crippen molar-refractivity contribution in [3.8, 4) is 17.2 Å². The molecule has 1 fully saturated rings. The molecule has 2 rings (SSSR count). The number of hydrogen-bond donors (Lipinski definition) is 0. The van der Waals surface area contributed by atoms with Gasteiger partial charge in [-0.1, -0.05) is 6.92 Å². The summed E-state index contributed by atoms with van der Waals surface area (Å²) in [5.41, 5.74) is -0.457. The molecule has 1 saturated heterocycles. The predicted molar refractivity (Wildman–Crippen MR) is 87.1 cm³/mol. The van der Waals surface area contributed by atoms with Crippen molar-refractivity contribution < 1.29 is 23.9 Å². The van der Waals surface area contributed by atoms with Crippen LogP contribution in [0.5, 0.6) is 17.2 Å². The second kappa shape index (κ2) is 7.37. The number of likely N-dealkylation sites (tertiary alicyclic amines) is 1. The Balaban J connectivity index is 2.59. The summed E-state index contributed by atoms with van der Waals surface area (Å²) in [6, 6.07) is 1.35. The van der Waals surface area contributed by atoms with E-state index < -0.39 is 16.5 Å². The number of piperidine rings is 1. The van der Waals surface area contributed by atoms with Crippen molar-refractivity contribution in [1.82, 2.24) is 4.90 Å². The van der Waals surface area contributed by atoms with Crippen LogP contribution in [-0.2, 0) is 0 Å². The third-order valence-corrected chi connectivity index (χ3v) is 4.16. The smallest absolute Gasteiger partial charge is 0.327 e. The van der Waals surface area contributed by atoms with E-state index in [1.54, 1.807) is 4.90 Å². The van der Waals surface area contributed by atoms with Crippen LogP contribution in [0.3, 0.4) is 0 Å². The number of carbonyl (C=O) groups is 1. The molecule has 1 atom stereocenters. The largest absolute Gasteiger partial charge is 0.493 e. The molecule has 1 unspecified atom stereocenters. The molecule has 1 aromatic rings. The van der Waals surface area contributed by atoms with Gasteiger partial charge < -0.3 is 19.1 Å². The van der Waals surface area contributed by atoms with Crippen molar-refractivity contribution in [2.24, 2.45) is 5.92 Å². The second-order valence-electron chi connectivity index (χ2n) is 5.80. The lowest BCUT2D eigenvalue weighted by Crippen LogP contribution is -2.39. The molecule has 1 amide bonds. The molecule has 8 heteroatoms. The lowest BCUT2D eigenvalue weighted by Gasteiger charge is -2.31. The highest BCUT2D eigenvalue weighted by Crippen LogP contribution is 2.46. The van der Waals surface area contributed by atoms with Crippen molar-refractivity contribution in [2.45, 2.75) is 19.8 Å². The van der Waals surface area contributed by atoms with Crippen LogP contribution >= 0.6 is 0 Å². The van der Waals surface area contributed by atoms with E-state index in [9.17, 15) is 14.9 Å². The van der Waals surface area contributed by atoms with E-state index >= 15 is 0 Å². The first-order valence-electron chi connectivity index (χ1n) is 7.71. The van der Waals surface area contributed by atoms with Gasteiger partial charge >= 0.3 is 5.69 Å². The Labute approximate surface area is 140 Å². The number of amides is 1. The van der Waals surface area contributed by atoms with Crippen molar-refractivity contribution >= 4 is 11.6 Å². The van der Waals surface area contributed by atoms with Crippen molar-refractivity contribution in [2.75, 3.05) is 34.4 Å². The third kappa shape index (κ3) is 3.22. The molecule has 1 heterocycles. The molecule has 0 spiro atoms. The predicted octanol–water partition coefficient (Wildman–Crippen LogP) is 2.49. The fraction of sp³-hybridized carbons (Fsp3) is 0.562.